The van der Waals surface area contributed by atoms with Gasteiger partial charge < -0.3 is 0 Å². The van der Waals surface area contributed by atoms with Crippen LogP contribution < -0.4 is 0 Å². The molecule has 1 aliphatic carbocycles. The average molecular weight is 293 g/mol. The lowest BCUT2D eigenvalue weighted by Gasteiger charge is -2.17. The van der Waals surface area contributed by atoms with Crippen LogP contribution in [0.1, 0.15) is 12.8 Å². The molecule has 0 aromatic rings. The van der Waals surface area contributed by atoms with E-state index in [0.29, 0.717) is 29.7 Å². The first-order valence-electron chi connectivity index (χ1n) is 4.91. The molecule has 15 heavy (non-hydrogen) atoms. The van der Waals surface area contributed by atoms with Crippen molar-refractivity contribution in [1.29, 1.82) is 0 Å². The molecular formula is C10H11BrClNO2. The zero-order valence-corrected chi connectivity index (χ0v) is 10.4. The van der Waals surface area contributed by atoms with Crippen molar-refractivity contribution in [3.05, 3.63) is 11.1 Å². The number of allylic oxidation sites excluding steroid dienone is 2. The molecule has 0 radical (unpaired) electrons. The molecule has 1 fully saturated rings. The van der Waals surface area contributed by atoms with E-state index < -0.39 is 0 Å². The summed E-state index contributed by atoms with van der Waals surface area (Å²) in [6.45, 7) is 0.461. The molecule has 82 valence electrons. The predicted molar refractivity (Wildman–Crippen MR) is 60.7 cm³/mol. The number of likely N-dealkylation sites (tertiary alicyclic amines) is 1. The van der Waals surface area contributed by atoms with E-state index in [1.54, 1.807) is 0 Å². The molecule has 2 rings (SSSR count). The Bertz CT molecular complexity index is 342. The second kappa shape index (κ2) is 4.26. The zero-order valence-electron chi connectivity index (χ0n) is 8.08. The molecule has 0 spiro atoms. The normalized spacial score (nSPS) is 30.5. The van der Waals surface area contributed by atoms with E-state index in [-0.39, 0.29) is 23.7 Å². The van der Waals surface area contributed by atoms with E-state index in [0.717, 1.165) is 0 Å². The highest BCUT2D eigenvalue weighted by molar-refractivity contribution is 9.09. The smallest absolute Gasteiger partial charge is 0.233 e. The number of alkyl halides is 1. The monoisotopic (exact) mass is 291 g/mol. The summed E-state index contributed by atoms with van der Waals surface area (Å²) in [5.74, 6) is -0.478. The first-order chi connectivity index (χ1) is 7.15. The molecule has 0 saturated carbocycles. The summed E-state index contributed by atoms with van der Waals surface area (Å²) in [7, 11) is 0. The standard InChI is InChI=1S/C10H11BrClNO2/c11-3-4-13-9(14)7-2-1-6(12)5-8(7)10(13)15/h1,7-8H,2-5H2/t7-,8-/m1/s1. The van der Waals surface area contributed by atoms with Crippen molar-refractivity contribution in [3.8, 4) is 0 Å². The Hall–Kier alpha value is -0.350. The van der Waals surface area contributed by atoms with Crippen molar-refractivity contribution < 1.29 is 9.59 Å². The van der Waals surface area contributed by atoms with Crippen LogP contribution in [-0.2, 0) is 9.59 Å². The molecule has 1 heterocycles. The fourth-order valence-corrected chi connectivity index (χ4v) is 2.81. The first kappa shape index (κ1) is 11.1. The number of carbonyl (C=O) groups is 2. The number of rotatable bonds is 2. The van der Waals surface area contributed by atoms with Crippen LogP contribution in [0.15, 0.2) is 11.1 Å². The Balaban J connectivity index is 2.20. The summed E-state index contributed by atoms with van der Waals surface area (Å²) in [5, 5.41) is 1.34. The lowest BCUT2D eigenvalue weighted by molar-refractivity contribution is -0.139. The van der Waals surface area contributed by atoms with E-state index in [4.69, 9.17) is 11.6 Å². The number of hydrogen-bond acceptors (Lipinski definition) is 2. The maximum absolute atomic E-state index is 11.9. The van der Waals surface area contributed by atoms with E-state index in [9.17, 15) is 9.59 Å². The minimum atomic E-state index is -0.214. The average Bonchev–Trinajstić information content (AvgIpc) is 2.44. The van der Waals surface area contributed by atoms with Crippen LogP contribution in [0.5, 0.6) is 0 Å². The molecule has 2 amide bonds. The highest BCUT2D eigenvalue weighted by Crippen LogP contribution is 2.38. The lowest BCUT2D eigenvalue weighted by atomic mass is 9.85. The van der Waals surface area contributed by atoms with Crippen LogP contribution in [0.2, 0.25) is 0 Å². The van der Waals surface area contributed by atoms with E-state index in [1.165, 1.54) is 4.90 Å². The van der Waals surface area contributed by atoms with Crippen LogP contribution in [0.3, 0.4) is 0 Å². The van der Waals surface area contributed by atoms with Gasteiger partial charge in [-0.2, -0.15) is 0 Å². The van der Waals surface area contributed by atoms with E-state index in [1.807, 2.05) is 6.08 Å². The molecule has 1 aliphatic heterocycles. The van der Waals surface area contributed by atoms with Crippen LogP contribution in [0.4, 0.5) is 0 Å². The van der Waals surface area contributed by atoms with Gasteiger partial charge in [0.05, 0.1) is 11.8 Å². The number of nitrogens with zero attached hydrogens (tertiary/aromatic N) is 1. The molecular weight excluding hydrogens is 281 g/mol. The number of amides is 2. The van der Waals surface area contributed by atoms with Gasteiger partial charge in [0.1, 0.15) is 0 Å². The van der Waals surface area contributed by atoms with Crippen molar-refractivity contribution in [2.45, 2.75) is 12.8 Å². The largest absolute Gasteiger partial charge is 0.281 e. The molecule has 5 heteroatoms. The van der Waals surface area contributed by atoms with Crippen molar-refractivity contribution in [2.24, 2.45) is 11.8 Å². The highest BCUT2D eigenvalue weighted by atomic mass is 79.9. The van der Waals surface area contributed by atoms with Crippen LogP contribution in [-0.4, -0.2) is 28.6 Å². The van der Waals surface area contributed by atoms with Gasteiger partial charge >= 0.3 is 0 Å². The topological polar surface area (TPSA) is 37.4 Å². The molecule has 1 saturated heterocycles. The number of imide groups is 1. The van der Waals surface area contributed by atoms with Crippen molar-refractivity contribution in [2.75, 3.05) is 11.9 Å². The van der Waals surface area contributed by atoms with Crippen molar-refractivity contribution in [3.63, 3.8) is 0 Å². The molecule has 0 aromatic carbocycles. The number of carbonyl (C=O) groups excluding carboxylic acids is 2. The number of fused-ring (bicyclic) bond motifs is 1. The Morgan fingerprint density at radius 2 is 2.07 bits per heavy atom. The van der Waals surface area contributed by atoms with Gasteiger partial charge in [-0.1, -0.05) is 33.6 Å². The summed E-state index contributed by atoms with van der Waals surface area (Å²) >= 11 is 9.13. The Morgan fingerprint density at radius 1 is 1.40 bits per heavy atom. The van der Waals surface area contributed by atoms with Gasteiger partial charge in [-0.25, -0.2) is 0 Å². The van der Waals surface area contributed by atoms with Gasteiger partial charge in [0.25, 0.3) is 0 Å². The van der Waals surface area contributed by atoms with E-state index in [2.05, 4.69) is 15.9 Å². The van der Waals surface area contributed by atoms with Crippen molar-refractivity contribution >= 4 is 39.3 Å². The summed E-state index contributed by atoms with van der Waals surface area (Å²) in [4.78, 5) is 25.1. The van der Waals surface area contributed by atoms with E-state index >= 15 is 0 Å². The molecule has 0 bridgehead atoms. The quantitative estimate of drug-likeness (QED) is 0.576. The fourth-order valence-electron chi connectivity index (χ4n) is 2.20. The highest BCUT2D eigenvalue weighted by Gasteiger charge is 2.47. The SMILES string of the molecule is O=C1[C@@H]2CC=C(Cl)C[C@H]2C(=O)N1CCBr. The Kier molecular flexibility index (Phi) is 3.16. The third kappa shape index (κ3) is 1.85. The zero-order chi connectivity index (χ0) is 11.0. The Labute approximate surface area is 102 Å². The third-order valence-corrected chi connectivity index (χ3v) is 3.63. The second-order valence-electron chi connectivity index (χ2n) is 3.82. The maximum atomic E-state index is 11.9. The minimum absolute atomic E-state index is 0.0372. The van der Waals surface area contributed by atoms with Crippen molar-refractivity contribution in [1.82, 2.24) is 4.90 Å². The first-order valence-corrected chi connectivity index (χ1v) is 6.41. The van der Waals surface area contributed by atoms with Gasteiger partial charge in [-0.05, 0) is 12.8 Å². The van der Waals surface area contributed by atoms with Crippen LogP contribution in [0.25, 0.3) is 0 Å². The second-order valence-corrected chi connectivity index (χ2v) is 5.10. The molecule has 0 unspecified atom stereocenters. The lowest BCUT2D eigenvalue weighted by Crippen LogP contribution is -2.32. The number of hydrogen-bond donors (Lipinski definition) is 0. The fraction of sp³-hybridized carbons (Fsp3) is 0.600. The van der Waals surface area contributed by atoms with Gasteiger partial charge in [-0.15, -0.1) is 0 Å². The third-order valence-electron chi connectivity index (χ3n) is 2.97. The van der Waals surface area contributed by atoms with Crippen LogP contribution >= 0.6 is 27.5 Å². The van der Waals surface area contributed by atoms with Gasteiger partial charge in [0.15, 0.2) is 0 Å². The Morgan fingerprint density at radius 3 is 2.73 bits per heavy atom. The molecule has 0 aromatic heterocycles. The van der Waals surface area contributed by atoms with Gasteiger partial charge in [-0.3, -0.25) is 14.5 Å². The molecule has 0 N–H and O–H groups in total. The minimum Gasteiger partial charge on any atom is -0.281 e. The summed E-state index contributed by atoms with van der Waals surface area (Å²) in [5.41, 5.74) is 0. The summed E-state index contributed by atoms with van der Waals surface area (Å²) < 4.78 is 0. The summed E-state index contributed by atoms with van der Waals surface area (Å²) in [6.07, 6.45) is 2.98. The van der Waals surface area contributed by atoms with Gasteiger partial charge in [0, 0.05) is 16.9 Å². The molecule has 3 nitrogen and oxygen atoms in total. The number of halogens is 2. The van der Waals surface area contributed by atoms with Crippen LogP contribution in [0, 0.1) is 11.8 Å². The molecule has 2 aliphatic rings. The maximum Gasteiger partial charge on any atom is 0.233 e. The van der Waals surface area contributed by atoms with Gasteiger partial charge in [0.2, 0.25) is 11.8 Å². The molecule has 2 atom stereocenters. The summed E-state index contributed by atoms with van der Waals surface area (Å²) in [6, 6.07) is 0. The predicted octanol–water partition coefficient (Wildman–Crippen LogP) is 1.90.